The van der Waals surface area contributed by atoms with Crippen LogP contribution in [0.5, 0.6) is 0 Å². The molecule has 0 saturated heterocycles. The van der Waals surface area contributed by atoms with E-state index in [0.717, 1.165) is 18.0 Å². The molecule has 0 bridgehead atoms. The molecule has 0 saturated carbocycles. The Bertz CT molecular complexity index is 474. The summed E-state index contributed by atoms with van der Waals surface area (Å²) in [5.41, 5.74) is 9.28. The predicted molar refractivity (Wildman–Crippen MR) is 69.2 cm³/mol. The van der Waals surface area contributed by atoms with E-state index in [9.17, 15) is 0 Å². The monoisotopic (exact) mass is 220 g/mol. The van der Waals surface area contributed by atoms with E-state index >= 15 is 0 Å². The summed E-state index contributed by atoms with van der Waals surface area (Å²) < 4.78 is 2.34. The van der Waals surface area contributed by atoms with E-state index in [1.165, 1.54) is 16.6 Å². The van der Waals surface area contributed by atoms with Crippen LogP contribution in [0.1, 0.15) is 12.6 Å². The number of nitrogens with two attached hydrogens (primary N) is 1. The second-order valence-corrected chi connectivity index (χ2v) is 4.50. The molecule has 0 aliphatic carbocycles. The maximum Gasteiger partial charge on any atom is 0.0503 e. The highest BCUT2D eigenvalue weighted by Gasteiger charge is 2.06. The number of benzene rings is 1. The molecule has 1 aromatic heterocycles. The van der Waals surface area contributed by atoms with Gasteiger partial charge in [0, 0.05) is 29.1 Å². The highest BCUT2D eigenvalue weighted by atomic mass is 32.2. The second-order valence-electron chi connectivity index (χ2n) is 3.63. The van der Waals surface area contributed by atoms with Crippen molar-refractivity contribution in [2.24, 2.45) is 0 Å². The van der Waals surface area contributed by atoms with Crippen molar-refractivity contribution < 1.29 is 0 Å². The van der Waals surface area contributed by atoms with Crippen molar-refractivity contribution >= 4 is 28.4 Å². The van der Waals surface area contributed by atoms with Gasteiger partial charge < -0.3 is 10.3 Å². The van der Waals surface area contributed by atoms with Crippen molar-refractivity contribution in [1.29, 1.82) is 0 Å². The van der Waals surface area contributed by atoms with Crippen LogP contribution in [0.25, 0.3) is 10.9 Å². The van der Waals surface area contributed by atoms with Crippen LogP contribution >= 0.6 is 11.8 Å². The first-order valence-corrected chi connectivity index (χ1v) is 6.52. The normalized spacial score (nSPS) is 11.1. The minimum absolute atomic E-state index is 0.839. The number of anilines is 1. The average molecular weight is 220 g/mol. The first-order valence-electron chi connectivity index (χ1n) is 5.13. The largest absolute Gasteiger partial charge is 0.399 e. The molecule has 0 spiro atoms. The third kappa shape index (κ3) is 1.84. The Hall–Kier alpha value is -1.09. The van der Waals surface area contributed by atoms with Gasteiger partial charge in [-0.2, -0.15) is 11.8 Å². The fourth-order valence-corrected chi connectivity index (χ4v) is 2.50. The van der Waals surface area contributed by atoms with E-state index in [4.69, 9.17) is 5.73 Å². The zero-order valence-electron chi connectivity index (χ0n) is 9.16. The molecule has 0 aliphatic heterocycles. The van der Waals surface area contributed by atoms with Crippen molar-refractivity contribution in [3.63, 3.8) is 0 Å². The first-order chi connectivity index (χ1) is 7.26. The molecular weight excluding hydrogens is 204 g/mol. The summed E-state index contributed by atoms with van der Waals surface area (Å²) in [6.45, 7) is 3.18. The summed E-state index contributed by atoms with van der Waals surface area (Å²) in [5, 5.41) is 1.29. The van der Waals surface area contributed by atoms with Crippen LogP contribution in [-0.4, -0.2) is 10.8 Å². The molecule has 0 atom stereocenters. The fraction of sp³-hybridized carbons (Fsp3) is 0.333. The Labute approximate surface area is 94.5 Å². The van der Waals surface area contributed by atoms with Crippen LogP contribution in [-0.2, 0) is 12.3 Å². The summed E-state index contributed by atoms with van der Waals surface area (Å²) in [6, 6.07) is 8.38. The third-order valence-electron chi connectivity index (χ3n) is 2.62. The second kappa shape index (κ2) is 4.19. The maximum absolute atomic E-state index is 5.81. The topological polar surface area (TPSA) is 30.9 Å². The summed E-state index contributed by atoms with van der Waals surface area (Å²) in [7, 11) is 0. The van der Waals surface area contributed by atoms with Gasteiger partial charge in [0.05, 0.1) is 5.52 Å². The minimum atomic E-state index is 0.839. The summed E-state index contributed by atoms with van der Waals surface area (Å²) in [4.78, 5) is 0. The number of hydrogen-bond donors (Lipinski definition) is 1. The Morgan fingerprint density at radius 1 is 1.33 bits per heavy atom. The van der Waals surface area contributed by atoms with E-state index in [1.54, 1.807) is 0 Å². The molecule has 0 radical (unpaired) electrons. The van der Waals surface area contributed by atoms with Crippen molar-refractivity contribution in [3.8, 4) is 0 Å². The standard InChI is InChI=1S/C12H16N2S/c1-3-14-11(8-15-2)6-9-4-5-10(13)7-12(9)14/h4-7H,3,8,13H2,1-2H3. The lowest BCUT2D eigenvalue weighted by Crippen LogP contribution is -1.99. The molecule has 3 heteroatoms. The molecule has 2 N–H and O–H groups in total. The number of thioether (sulfide) groups is 1. The Morgan fingerprint density at radius 3 is 2.80 bits per heavy atom. The van der Waals surface area contributed by atoms with Crippen LogP contribution in [0.3, 0.4) is 0 Å². The highest BCUT2D eigenvalue weighted by molar-refractivity contribution is 7.97. The van der Waals surface area contributed by atoms with Crippen molar-refractivity contribution in [3.05, 3.63) is 30.0 Å². The lowest BCUT2D eigenvalue weighted by atomic mass is 10.2. The maximum atomic E-state index is 5.81. The van der Waals surface area contributed by atoms with Gasteiger partial charge in [0.15, 0.2) is 0 Å². The summed E-state index contributed by atoms with van der Waals surface area (Å²) >= 11 is 1.85. The van der Waals surface area contributed by atoms with Crippen LogP contribution in [0, 0.1) is 0 Å². The lowest BCUT2D eigenvalue weighted by Gasteiger charge is -2.06. The van der Waals surface area contributed by atoms with Gasteiger partial charge in [-0.3, -0.25) is 0 Å². The molecular formula is C12H16N2S. The van der Waals surface area contributed by atoms with Crippen molar-refractivity contribution in [2.75, 3.05) is 12.0 Å². The molecule has 0 unspecified atom stereocenters. The molecule has 15 heavy (non-hydrogen) atoms. The number of hydrogen-bond acceptors (Lipinski definition) is 2. The van der Waals surface area contributed by atoms with E-state index in [0.29, 0.717) is 0 Å². The number of nitrogens with zero attached hydrogens (tertiary/aromatic N) is 1. The lowest BCUT2D eigenvalue weighted by molar-refractivity contribution is 0.766. The zero-order chi connectivity index (χ0) is 10.8. The van der Waals surface area contributed by atoms with Crippen LogP contribution in [0.4, 0.5) is 5.69 Å². The third-order valence-corrected chi connectivity index (χ3v) is 3.21. The molecule has 0 fully saturated rings. The number of aromatic nitrogens is 1. The number of nitrogen functional groups attached to an aromatic ring is 1. The quantitative estimate of drug-likeness (QED) is 0.806. The van der Waals surface area contributed by atoms with Gasteiger partial charge in [-0.05, 0) is 31.4 Å². The molecule has 80 valence electrons. The summed E-state index contributed by atoms with van der Waals surface area (Å²) in [5.74, 6) is 1.06. The van der Waals surface area contributed by atoms with E-state index in [-0.39, 0.29) is 0 Å². The van der Waals surface area contributed by atoms with Crippen molar-refractivity contribution in [1.82, 2.24) is 4.57 Å². The first kappa shape index (κ1) is 10.4. The van der Waals surface area contributed by atoms with Gasteiger partial charge in [0.2, 0.25) is 0 Å². The van der Waals surface area contributed by atoms with Crippen LogP contribution in [0.2, 0.25) is 0 Å². The summed E-state index contributed by atoms with van der Waals surface area (Å²) in [6.07, 6.45) is 2.13. The van der Waals surface area contributed by atoms with Gasteiger partial charge in [-0.1, -0.05) is 6.07 Å². The Kier molecular flexibility index (Phi) is 2.91. The zero-order valence-corrected chi connectivity index (χ0v) is 9.97. The van der Waals surface area contributed by atoms with Gasteiger partial charge in [-0.25, -0.2) is 0 Å². The van der Waals surface area contributed by atoms with Gasteiger partial charge in [0.1, 0.15) is 0 Å². The molecule has 2 nitrogen and oxygen atoms in total. The average Bonchev–Trinajstić information content (AvgIpc) is 2.55. The smallest absolute Gasteiger partial charge is 0.0503 e. The van der Waals surface area contributed by atoms with Gasteiger partial charge >= 0.3 is 0 Å². The SMILES string of the molecule is CCn1c(CSC)cc2ccc(N)cc21. The molecule has 2 rings (SSSR count). The fourth-order valence-electron chi connectivity index (χ4n) is 1.97. The van der Waals surface area contributed by atoms with Crippen LogP contribution < -0.4 is 5.73 Å². The van der Waals surface area contributed by atoms with Gasteiger partial charge in [0.25, 0.3) is 0 Å². The molecule has 1 heterocycles. The number of fused-ring (bicyclic) bond motifs is 1. The number of aryl methyl sites for hydroxylation is 1. The molecule has 0 aliphatic rings. The van der Waals surface area contributed by atoms with Crippen molar-refractivity contribution in [2.45, 2.75) is 19.2 Å². The Morgan fingerprint density at radius 2 is 2.13 bits per heavy atom. The van der Waals surface area contributed by atoms with E-state index in [1.807, 2.05) is 17.8 Å². The Balaban J connectivity index is 2.63. The van der Waals surface area contributed by atoms with Gasteiger partial charge in [-0.15, -0.1) is 0 Å². The van der Waals surface area contributed by atoms with Crippen LogP contribution in [0.15, 0.2) is 24.3 Å². The predicted octanol–water partition coefficient (Wildman–Crippen LogP) is 3.11. The van der Waals surface area contributed by atoms with E-state index < -0.39 is 0 Å². The molecule has 1 aromatic carbocycles. The highest BCUT2D eigenvalue weighted by Crippen LogP contribution is 2.24. The molecule has 0 amide bonds. The number of rotatable bonds is 3. The van der Waals surface area contributed by atoms with E-state index in [2.05, 4.69) is 35.9 Å². The minimum Gasteiger partial charge on any atom is -0.399 e. The molecule has 2 aromatic rings.